The minimum Gasteiger partial charge on any atom is -0.347 e. The molecular formula is C14H15ClN2OS. The number of carbonyl (C=O) groups excluding carboxylic acids is 1. The molecule has 2 aromatic rings. The first-order chi connectivity index (χ1) is 9.11. The Labute approximate surface area is 121 Å². The average Bonchev–Trinajstić information content (AvgIpc) is 2.39. The molecule has 0 aliphatic rings. The van der Waals surface area contributed by atoms with E-state index in [0.29, 0.717) is 10.7 Å². The summed E-state index contributed by atoms with van der Waals surface area (Å²) in [6, 6.07) is 9.24. The molecule has 19 heavy (non-hydrogen) atoms. The molecule has 0 saturated carbocycles. The van der Waals surface area contributed by atoms with Crippen LogP contribution in [-0.4, -0.2) is 28.9 Å². The van der Waals surface area contributed by atoms with Crippen molar-refractivity contribution in [2.45, 2.75) is 13.0 Å². The van der Waals surface area contributed by atoms with Crippen LogP contribution in [-0.2, 0) is 0 Å². The number of hydrogen-bond acceptors (Lipinski definition) is 3. The summed E-state index contributed by atoms with van der Waals surface area (Å²) in [4.78, 5) is 16.4. The lowest BCUT2D eigenvalue weighted by Crippen LogP contribution is -2.34. The smallest absolute Gasteiger partial charge is 0.270 e. The molecule has 1 amide bonds. The number of nitrogens with zero attached hydrogens (tertiary/aromatic N) is 1. The van der Waals surface area contributed by atoms with Crippen LogP contribution in [0.3, 0.4) is 0 Å². The van der Waals surface area contributed by atoms with Gasteiger partial charge in [-0.05, 0) is 25.3 Å². The molecule has 0 fully saturated rings. The van der Waals surface area contributed by atoms with Gasteiger partial charge in [0.2, 0.25) is 0 Å². The monoisotopic (exact) mass is 294 g/mol. The summed E-state index contributed by atoms with van der Waals surface area (Å²) in [6.45, 7) is 1.97. The van der Waals surface area contributed by atoms with E-state index in [2.05, 4.69) is 10.3 Å². The van der Waals surface area contributed by atoms with Crippen LogP contribution in [0.25, 0.3) is 10.9 Å². The number of pyridine rings is 1. The molecule has 0 saturated heterocycles. The third-order valence-corrected chi connectivity index (χ3v) is 3.84. The number of carbonyl (C=O) groups is 1. The number of thioether (sulfide) groups is 1. The fourth-order valence-corrected chi connectivity index (χ4v) is 2.69. The van der Waals surface area contributed by atoms with E-state index in [-0.39, 0.29) is 11.9 Å². The maximum absolute atomic E-state index is 12.1. The van der Waals surface area contributed by atoms with Gasteiger partial charge in [-0.1, -0.05) is 29.8 Å². The zero-order chi connectivity index (χ0) is 13.8. The van der Waals surface area contributed by atoms with E-state index in [4.69, 9.17) is 11.6 Å². The number of amides is 1. The molecule has 2 rings (SSSR count). The van der Waals surface area contributed by atoms with Gasteiger partial charge in [-0.2, -0.15) is 11.8 Å². The number of para-hydroxylation sites is 1. The Morgan fingerprint density at radius 3 is 2.95 bits per heavy atom. The second-order valence-electron chi connectivity index (χ2n) is 4.34. The van der Waals surface area contributed by atoms with Gasteiger partial charge in [0.1, 0.15) is 5.69 Å². The highest BCUT2D eigenvalue weighted by Crippen LogP contribution is 2.22. The third kappa shape index (κ3) is 3.39. The topological polar surface area (TPSA) is 42.0 Å². The van der Waals surface area contributed by atoms with E-state index in [1.54, 1.807) is 17.8 Å². The first-order valence-corrected chi connectivity index (χ1v) is 7.74. The highest BCUT2D eigenvalue weighted by Gasteiger charge is 2.13. The van der Waals surface area contributed by atoms with Gasteiger partial charge in [-0.25, -0.2) is 4.98 Å². The van der Waals surface area contributed by atoms with Crippen molar-refractivity contribution in [3.05, 3.63) is 41.0 Å². The van der Waals surface area contributed by atoms with E-state index < -0.39 is 0 Å². The van der Waals surface area contributed by atoms with E-state index in [1.165, 1.54) is 0 Å². The van der Waals surface area contributed by atoms with Crippen molar-refractivity contribution in [1.29, 1.82) is 0 Å². The van der Waals surface area contributed by atoms with Crippen molar-refractivity contribution in [2.75, 3.05) is 12.0 Å². The van der Waals surface area contributed by atoms with Crippen LogP contribution >= 0.6 is 23.4 Å². The molecule has 100 valence electrons. The number of hydrogen-bond donors (Lipinski definition) is 1. The van der Waals surface area contributed by atoms with E-state index in [9.17, 15) is 4.79 Å². The Hall–Kier alpha value is -1.26. The van der Waals surface area contributed by atoms with Gasteiger partial charge >= 0.3 is 0 Å². The number of fused-ring (bicyclic) bond motifs is 1. The van der Waals surface area contributed by atoms with Gasteiger partial charge in [0.15, 0.2) is 0 Å². The Bertz CT molecular complexity index is 603. The maximum Gasteiger partial charge on any atom is 0.270 e. The molecule has 1 heterocycles. The summed E-state index contributed by atoms with van der Waals surface area (Å²) in [5.41, 5.74) is 1.09. The minimum atomic E-state index is -0.186. The van der Waals surface area contributed by atoms with Crippen LogP contribution in [0.2, 0.25) is 5.02 Å². The summed E-state index contributed by atoms with van der Waals surface area (Å²) < 4.78 is 0. The maximum atomic E-state index is 12.1. The van der Waals surface area contributed by atoms with E-state index in [0.717, 1.165) is 16.7 Å². The minimum absolute atomic E-state index is 0.106. The van der Waals surface area contributed by atoms with Gasteiger partial charge < -0.3 is 5.32 Å². The van der Waals surface area contributed by atoms with Crippen LogP contribution in [0.4, 0.5) is 0 Å². The van der Waals surface area contributed by atoms with Crippen LogP contribution < -0.4 is 5.32 Å². The van der Waals surface area contributed by atoms with Gasteiger partial charge in [-0.3, -0.25) is 4.79 Å². The van der Waals surface area contributed by atoms with Crippen LogP contribution in [0, 0.1) is 0 Å². The zero-order valence-electron chi connectivity index (χ0n) is 10.8. The summed E-state index contributed by atoms with van der Waals surface area (Å²) in [5.74, 6) is 0.682. The summed E-state index contributed by atoms with van der Waals surface area (Å²) in [6.07, 6.45) is 2.01. The fraction of sp³-hybridized carbons (Fsp3) is 0.286. The molecular weight excluding hydrogens is 280 g/mol. The van der Waals surface area contributed by atoms with Gasteiger partial charge in [0.05, 0.1) is 10.5 Å². The SMILES string of the molecule is CSCC(C)NC(=O)c1cc(Cl)c2ccccc2n1. The molecule has 3 nitrogen and oxygen atoms in total. The molecule has 0 spiro atoms. The van der Waals surface area contributed by atoms with Crippen LogP contribution in [0.1, 0.15) is 17.4 Å². The third-order valence-electron chi connectivity index (χ3n) is 2.69. The Morgan fingerprint density at radius 1 is 1.47 bits per heavy atom. The second kappa shape index (κ2) is 6.26. The molecule has 1 aromatic heterocycles. The molecule has 1 aromatic carbocycles. The number of benzene rings is 1. The summed E-state index contributed by atoms with van der Waals surface area (Å²) in [5, 5.41) is 4.32. The Balaban J connectivity index is 2.28. The summed E-state index contributed by atoms with van der Waals surface area (Å²) >= 11 is 7.87. The predicted molar refractivity (Wildman–Crippen MR) is 82.1 cm³/mol. The lowest BCUT2D eigenvalue weighted by molar-refractivity contribution is 0.0939. The van der Waals surface area contributed by atoms with Gasteiger partial charge in [0, 0.05) is 17.2 Å². The second-order valence-corrected chi connectivity index (χ2v) is 5.65. The highest BCUT2D eigenvalue weighted by atomic mass is 35.5. The van der Waals surface area contributed by atoms with Gasteiger partial charge in [0.25, 0.3) is 5.91 Å². The first kappa shape index (κ1) is 14.2. The van der Waals surface area contributed by atoms with Crippen LogP contribution in [0.15, 0.2) is 30.3 Å². The van der Waals surface area contributed by atoms with Crippen molar-refractivity contribution in [3.63, 3.8) is 0 Å². The Morgan fingerprint density at radius 2 is 2.21 bits per heavy atom. The van der Waals surface area contributed by atoms with E-state index in [1.807, 2.05) is 37.4 Å². The largest absolute Gasteiger partial charge is 0.347 e. The first-order valence-electron chi connectivity index (χ1n) is 5.97. The highest BCUT2D eigenvalue weighted by molar-refractivity contribution is 7.98. The molecule has 5 heteroatoms. The standard InChI is InChI=1S/C14H15ClN2OS/c1-9(8-19-2)16-14(18)13-7-11(15)10-5-3-4-6-12(10)17-13/h3-7,9H,8H2,1-2H3,(H,16,18). The Kier molecular flexibility index (Phi) is 4.66. The molecule has 1 unspecified atom stereocenters. The van der Waals surface area contributed by atoms with Crippen LogP contribution in [0.5, 0.6) is 0 Å². The number of aromatic nitrogens is 1. The molecule has 1 atom stereocenters. The van der Waals surface area contributed by atoms with E-state index >= 15 is 0 Å². The average molecular weight is 295 g/mol. The molecule has 0 aliphatic heterocycles. The van der Waals surface area contributed by atoms with Crippen molar-refractivity contribution >= 4 is 40.2 Å². The number of halogens is 1. The van der Waals surface area contributed by atoms with Crippen molar-refractivity contribution in [1.82, 2.24) is 10.3 Å². The molecule has 1 N–H and O–H groups in total. The number of rotatable bonds is 4. The molecule has 0 bridgehead atoms. The molecule has 0 radical (unpaired) electrons. The zero-order valence-corrected chi connectivity index (χ0v) is 12.4. The summed E-state index contributed by atoms with van der Waals surface area (Å²) in [7, 11) is 0. The lowest BCUT2D eigenvalue weighted by Gasteiger charge is -2.12. The molecule has 0 aliphatic carbocycles. The predicted octanol–water partition coefficient (Wildman–Crippen LogP) is 3.37. The fourth-order valence-electron chi connectivity index (χ4n) is 1.84. The van der Waals surface area contributed by atoms with Gasteiger partial charge in [-0.15, -0.1) is 0 Å². The van der Waals surface area contributed by atoms with Crippen molar-refractivity contribution in [3.8, 4) is 0 Å². The van der Waals surface area contributed by atoms with Crippen molar-refractivity contribution in [2.24, 2.45) is 0 Å². The number of nitrogens with one attached hydrogen (secondary N) is 1. The lowest BCUT2D eigenvalue weighted by atomic mass is 10.2. The van der Waals surface area contributed by atoms with Crippen molar-refractivity contribution < 1.29 is 4.79 Å². The quantitative estimate of drug-likeness (QED) is 0.940. The normalized spacial score (nSPS) is 12.4.